The second kappa shape index (κ2) is 9.12. The Labute approximate surface area is 180 Å². The monoisotopic (exact) mass is 493 g/mol. The Hall–Kier alpha value is -1.83. The SMILES string of the molecule is Cc1c(S(=O)(=O)N[C@@H](C)C(F)(F)F)cn(C)c1C(=O)Nc1ccc(F)c(Cl)c1F.S. The molecule has 0 bridgehead atoms. The van der Waals surface area contributed by atoms with Crippen LogP contribution in [0.15, 0.2) is 23.2 Å². The molecule has 0 unspecified atom stereocenters. The van der Waals surface area contributed by atoms with Crippen molar-refractivity contribution in [2.75, 3.05) is 5.32 Å². The summed E-state index contributed by atoms with van der Waals surface area (Å²) in [5.74, 6) is -3.26. The summed E-state index contributed by atoms with van der Waals surface area (Å²) in [5.41, 5.74) is -0.888. The molecular weight excluding hydrogens is 477 g/mol. The van der Waals surface area contributed by atoms with E-state index in [-0.39, 0.29) is 24.8 Å². The lowest BCUT2D eigenvalue weighted by Crippen LogP contribution is -2.43. The van der Waals surface area contributed by atoms with Gasteiger partial charge in [-0.25, -0.2) is 17.2 Å². The van der Waals surface area contributed by atoms with E-state index in [2.05, 4.69) is 5.32 Å². The van der Waals surface area contributed by atoms with Gasteiger partial charge >= 0.3 is 6.18 Å². The number of alkyl halides is 3. The number of aryl methyl sites for hydroxylation is 1. The number of benzene rings is 1. The van der Waals surface area contributed by atoms with Crippen LogP contribution >= 0.6 is 25.1 Å². The van der Waals surface area contributed by atoms with Crippen molar-refractivity contribution in [1.82, 2.24) is 9.29 Å². The molecule has 1 heterocycles. The molecule has 0 aliphatic rings. The highest BCUT2D eigenvalue weighted by Crippen LogP contribution is 2.28. The Balaban J connectivity index is 0.00000450. The van der Waals surface area contributed by atoms with E-state index in [4.69, 9.17) is 11.6 Å². The van der Waals surface area contributed by atoms with Crippen LogP contribution in [-0.4, -0.2) is 31.1 Å². The van der Waals surface area contributed by atoms with E-state index in [1.54, 1.807) is 0 Å². The number of halogens is 6. The summed E-state index contributed by atoms with van der Waals surface area (Å²) >= 11 is 5.44. The van der Waals surface area contributed by atoms with Crippen molar-refractivity contribution in [3.63, 3.8) is 0 Å². The summed E-state index contributed by atoms with van der Waals surface area (Å²) in [6, 6.07) is -0.631. The summed E-state index contributed by atoms with van der Waals surface area (Å²) in [4.78, 5) is 11.9. The second-order valence-corrected chi connectivity index (χ2v) is 8.20. The molecule has 0 saturated carbocycles. The zero-order valence-electron chi connectivity index (χ0n) is 15.7. The number of carbonyl (C=O) groups excluding carboxylic acids is 1. The number of hydrogen-bond acceptors (Lipinski definition) is 3. The fourth-order valence-corrected chi connectivity index (χ4v) is 4.17. The first-order chi connectivity index (χ1) is 13.2. The number of carbonyl (C=O) groups is 1. The fourth-order valence-electron chi connectivity index (χ4n) is 2.49. The number of nitrogens with one attached hydrogen (secondary N) is 2. The number of rotatable bonds is 5. The van der Waals surface area contributed by atoms with Crippen molar-refractivity contribution in [2.45, 2.75) is 31.0 Å². The Morgan fingerprint density at radius 1 is 1.23 bits per heavy atom. The standard InChI is InChI=1S/C16H15ClF5N3O3S.H2S/c1-7-11(29(27,28)24-8(2)16(20,21)22)6-25(3)14(7)15(26)23-10-5-4-9(18)12(17)13(10)19;/h4-6,8,24H,1-3H3,(H,23,26);1H2/t8-;/m0./s1. The Bertz CT molecular complexity index is 1070. The quantitative estimate of drug-likeness (QED) is 0.490. The molecule has 168 valence electrons. The number of anilines is 1. The van der Waals surface area contributed by atoms with Crippen molar-refractivity contribution in [1.29, 1.82) is 0 Å². The van der Waals surface area contributed by atoms with E-state index < -0.39 is 55.4 Å². The highest BCUT2D eigenvalue weighted by Gasteiger charge is 2.39. The Kier molecular flexibility index (Phi) is 7.97. The topological polar surface area (TPSA) is 80.2 Å². The molecule has 0 aliphatic carbocycles. The molecule has 1 aromatic carbocycles. The molecule has 2 rings (SSSR count). The molecular formula is C16H17ClF5N3O3S2. The first kappa shape index (κ1) is 26.2. The maximum absolute atomic E-state index is 14.0. The Morgan fingerprint density at radius 3 is 2.33 bits per heavy atom. The van der Waals surface area contributed by atoms with Gasteiger partial charge in [0, 0.05) is 13.2 Å². The van der Waals surface area contributed by atoms with Crippen LogP contribution < -0.4 is 10.0 Å². The van der Waals surface area contributed by atoms with Crippen molar-refractivity contribution < 1.29 is 35.2 Å². The molecule has 2 aromatic rings. The molecule has 1 atom stereocenters. The molecule has 0 saturated heterocycles. The van der Waals surface area contributed by atoms with Gasteiger partial charge in [0.05, 0.1) is 5.69 Å². The van der Waals surface area contributed by atoms with Gasteiger partial charge in [0.2, 0.25) is 10.0 Å². The van der Waals surface area contributed by atoms with Gasteiger partial charge in [-0.1, -0.05) is 11.6 Å². The molecule has 6 nitrogen and oxygen atoms in total. The van der Waals surface area contributed by atoms with Gasteiger partial charge in [-0.15, -0.1) is 0 Å². The third-order valence-electron chi connectivity index (χ3n) is 4.00. The summed E-state index contributed by atoms with van der Waals surface area (Å²) in [5, 5.41) is 1.28. The second-order valence-electron chi connectivity index (χ2n) is 6.14. The van der Waals surface area contributed by atoms with E-state index in [1.807, 2.05) is 0 Å². The van der Waals surface area contributed by atoms with Gasteiger partial charge < -0.3 is 9.88 Å². The van der Waals surface area contributed by atoms with E-state index in [0.717, 1.165) is 22.9 Å². The van der Waals surface area contributed by atoms with Crippen molar-refractivity contribution in [2.24, 2.45) is 7.05 Å². The summed E-state index contributed by atoms with van der Waals surface area (Å²) in [6.45, 7) is 1.83. The van der Waals surface area contributed by atoms with Crippen LogP contribution in [0.4, 0.5) is 27.6 Å². The predicted octanol–water partition coefficient (Wildman–Crippen LogP) is 3.86. The molecule has 2 N–H and O–H groups in total. The van der Waals surface area contributed by atoms with Gasteiger partial charge in [0.15, 0.2) is 5.82 Å². The molecule has 14 heteroatoms. The van der Waals surface area contributed by atoms with E-state index in [9.17, 15) is 35.2 Å². The normalized spacial score (nSPS) is 13.0. The van der Waals surface area contributed by atoms with E-state index >= 15 is 0 Å². The smallest absolute Gasteiger partial charge is 0.345 e. The number of nitrogens with zero attached hydrogens (tertiary/aromatic N) is 1. The highest BCUT2D eigenvalue weighted by atomic mass is 35.5. The lowest BCUT2D eigenvalue weighted by atomic mass is 10.2. The number of sulfonamides is 1. The summed E-state index contributed by atoms with van der Waals surface area (Å²) in [6.07, 6.45) is -3.86. The summed E-state index contributed by atoms with van der Waals surface area (Å²) in [7, 11) is -3.34. The third kappa shape index (κ3) is 5.25. The minimum absolute atomic E-state index is 0. The van der Waals surface area contributed by atoms with Gasteiger partial charge in [0.25, 0.3) is 5.91 Å². The highest BCUT2D eigenvalue weighted by molar-refractivity contribution is 7.89. The zero-order chi connectivity index (χ0) is 22.3. The molecule has 0 aliphatic heterocycles. The lowest BCUT2D eigenvalue weighted by molar-refractivity contribution is -0.147. The maximum Gasteiger partial charge on any atom is 0.404 e. The number of aromatic nitrogens is 1. The molecule has 0 radical (unpaired) electrons. The molecule has 1 aromatic heterocycles. The number of amides is 1. The zero-order valence-corrected chi connectivity index (χ0v) is 18.2. The van der Waals surface area contributed by atoms with Gasteiger partial charge in [-0.2, -0.15) is 31.4 Å². The fraction of sp³-hybridized carbons (Fsp3) is 0.312. The van der Waals surface area contributed by atoms with Crippen LogP contribution in [0.2, 0.25) is 5.02 Å². The van der Waals surface area contributed by atoms with Crippen LogP contribution in [0.1, 0.15) is 23.0 Å². The molecule has 0 spiro atoms. The largest absolute Gasteiger partial charge is 0.404 e. The predicted molar refractivity (Wildman–Crippen MR) is 106 cm³/mol. The minimum atomic E-state index is -4.81. The first-order valence-electron chi connectivity index (χ1n) is 7.86. The number of hydrogen-bond donors (Lipinski definition) is 2. The molecule has 0 fully saturated rings. The van der Waals surface area contributed by atoms with Crippen LogP contribution in [0.3, 0.4) is 0 Å². The van der Waals surface area contributed by atoms with Crippen LogP contribution in [0.5, 0.6) is 0 Å². The third-order valence-corrected chi connectivity index (χ3v) is 6.00. The van der Waals surface area contributed by atoms with Gasteiger partial charge in [-0.05, 0) is 31.5 Å². The summed E-state index contributed by atoms with van der Waals surface area (Å²) < 4.78 is 92.4. The average Bonchev–Trinajstić information content (AvgIpc) is 2.89. The molecule has 30 heavy (non-hydrogen) atoms. The first-order valence-corrected chi connectivity index (χ1v) is 9.72. The van der Waals surface area contributed by atoms with Crippen LogP contribution in [-0.2, 0) is 17.1 Å². The van der Waals surface area contributed by atoms with E-state index in [1.165, 1.54) is 18.7 Å². The van der Waals surface area contributed by atoms with Gasteiger partial charge in [-0.3, -0.25) is 4.79 Å². The van der Waals surface area contributed by atoms with Crippen molar-refractivity contribution in [3.8, 4) is 0 Å². The molecule has 1 amide bonds. The van der Waals surface area contributed by atoms with Crippen molar-refractivity contribution in [3.05, 3.63) is 46.2 Å². The van der Waals surface area contributed by atoms with Crippen LogP contribution in [0, 0.1) is 18.6 Å². The van der Waals surface area contributed by atoms with Crippen molar-refractivity contribution >= 4 is 46.7 Å². The van der Waals surface area contributed by atoms with Crippen LogP contribution in [0.25, 0.3) is 0 Å². The Morgan fingerprint density at radius 2 is 1.80 bits per heavy atom. The van der Waals surface area contributed by atoms with E-state index in [0.29, 0.717) is 6.92 Å². The average molecular weight is 494 g/mol. The lowest BCUT2D eigenvalue weighted by Gasteiger charge is -2.17. The maximum atomic E-state index is 14.0. The minimum Gasteiger partial charge on any atom is -0.345 e. The van der Waals surface area contributed by atoms with Gasteiger partial charge in [0.1, 0.15) is 27.5 Å².